The number of halogens is 1. The Morgan fingerprint density at radius 3 is 2.69 bits per heavy atom. The molecule has 2 rings (SSSR count). The molecular weight excluding hydrogens is 226 g/mol. The van der Waals surface area contributed by atoms with Gasteiger partial charge in [0.1, 0.15) is 6.61 Å². The monoisotopic (exact) mass is 235 g/mol. The first-order valence-electron chi connectivity index (χ1n) is 4.70. The molecule has 0 bridgehead atoms. The van der Waals surface area contributed by atoms with Gasteiger partial charge in [-0.05, 0) is 17.2 Å². The van der Waals surface area contributed by atoms with Crippen LogP contribution in [0.4, 0.5) is 5.82 Å². The van der Waals surface area contributed by atoms with E-state index in [9.17, 15) is 0 Å². The lowest BCUT2D eigenvalue weighted by atomic mass is 10.2. The Morgan fingerprint density at radius 1 is 1.25 bits per heavy atom. The molecule has 0 unspecified atom stereocenters. The van der Waals surface area contributed by atoms with E-state index in [0.29, 0.717) is 12.4 Å². The van der Waals surface area contributed by atoms with Crippen molar-refractivity contribution >= 4 is 17.4 Å². The van der Waals surface area contributed by atoms with Crippen molar-refractivity contribution in [2.24, 2.45) is 0 Å². The zero-order valence-corrected chi connectivity index (χ0v) is 9.19. The summed E-state index contributed by atoms with van der Waals surface area (Å²) in [6.45, 7) is 0.427. The Kier molecular flexibility index (Phi) is 3.22. The average Bonchev–Trinajstić information content (AvgIpc) is 2.29. The van der Waals surface area contributed by atoms with E-state index in [1.807, 2.05) is 30.3 Å². The number of nitrogen functional groups attached to an aromatic ring is 1. The zero-order valence-electron chi connectivity index (χ0n) is 8.43. The molecule has 0 fully saturated rings. The molecule has 0 saturated heterocycles. The lowest BCUT2D eigenvalue weighted by molar-refractivity contribution is 0.305. The average molecular weight is 236 g/mol. The van der Waals surface area contributed by atoms with Gasteiger partial charge < -0.3 is 10.5 Å². The maximum absolute atomic E-state index is 5.62. The highest BCUT2D eigenvalue weighted by molar-refractivity contribution is 6.28. The Bertz CT molecular complexity index is 476. The van der Waals surface area contributed by atoms with Gasteiger partial charge in [-0.25, -0.2) is 4.98 Å². The normalized spacial score (nSPS) is 10.1. The summed E-state index contributed by atoms with van der Waals surface area (Å²) >= 11 is 5.58. The predicted molar refractivity (Wildman–Crippen MR) is 62.2 cm³/mol. The first-order valence-corrected chi connectivity index (χ1v) is 5.08. The van der Waals surface area contributed by atoms with Crippen LogP contribution in [0.2, 0.25) is 5.28 Å². The second-order valence-corrected chi connectivity index (χ2v) is 3.50. The fraction of sp³-hybridized carbons (Fsp3) is 0.0909. The molecule has 0 atom stereocenters. The first kappa shape index (κ1) is 10.7. The lowest BCUT2D eigenvalue weighted by Crippen LogP contribution is -2.01. The van der Waals surface area contributed by atoms with Crippen LogP contribution in [0.15, 0.2) is 36.5 Å². The Balaban J connectivity index is 2.05. The van der Waals surface area contributed by atoms with E-state index in [0.717, 1.165) is 5.56 Å². The lowest BCUT2D eigenvalue weighted by Gasteiger charge is -2.07. The predicted octanol–water partition coefficient (Wildman–Crippen LogP) is 2.29. The minimum Gasteiger partial charge on any atom is -0.483 e. The number of aromatic nitrogens is 2. The molecule has 0 saturated carbocycles. The summed E-state index contributed by atoms with van der Waals surface area (Å²) in [5.41, 5.74) is 6.68. The molecule has 1 aromatic carbocycles. The third-order valence-corrected chi connectivity index (χ3v) is 2.17. The van der Waals surface area contributed by atoms with Crippen molar-refractivity contribution in [2.45, 2.75) is 6.61 Å². The molecule has 82 valence electrons. The van der Waals surface area contributed by atoms with E-state index >= 15 is 0 Å². The number of hydrogen-bond acceptors (Lipinski definition) is 4. The highest BCUT2D eigenvalue weighted by Gasteiger charge is 2.03. The molecule has 0 amide bonds. The van der Waals surface area contributed by atoms with E-state index in [1.54, 1.807) is 0 Å². The van der Waals surface area contributed by atoms with Crippen LogP contribution in [0.1, 0.15) is 5.56 Å². The molecule has 4 nitrogen and oxygen atoms in total. The maximum atomic E-state index is 5.62. The number of ether oxygens (including phenoxy) is 1. The Labute approximate surface area is 98.0 Å². The molecule has 2 aromatic rings. The van der Waals surface area contributed by atoms with Gasteiger partial charge in [-0.1, -0.05) is 30.3 Å². The zero-order chi connectivity index (χ0) is 11.4. The standard InChI is InChI=1S/C11H10ClN3O/c12-11-14-6-9(10(13)15-11)16-7-8-4-2-1-3-5-8/h1-6H,7H2,(H2,13,14,15). The quantitative estimate of drug-likeness (QED) is 0.830. The van der Waals surface area contributed by atoms with Crippen LogP contribution in [0.3, 0.4) is 0 Å². The summed E-state index contributed by atoms with van der Waals surface area (Å²) in [5.74, 6) is 0.684. The van der Waals surface area contributed by atoms with Crippen molar-refractivity contribution in [2.75, 3.05) is 5.73 Å². The van der Waals surface area contributed by atoms with Gasteiger partial charge in [0.15, 0.2) is 11.6 Å². The molecule has 5 heteroatoms. The third-order valence-electron chi connectivity index (χ3n) is 1.99. The highest BCUT2D eigenvalue weighted by Crippen LogP contribution is 2.19. The van der Waals surface area contributed by atoms with Crippen LogP contribution in [0.25, 0.3) is 0 Å². The summed E-state index contributed by atoms with van der Waals surface area (Å²) < 4.78 is 5.47. The molecule has 0 aliphatic carbocycles. The van der Waals surface area contributed by atoms with E-state index in [4.69, 9.17) is 22.1 Å². The van der Waals surface area contributed by atoms with Gasteiger partial charge in [-0.15, -0.1) is 0 Å². The Hall–Kier alpha value is -1.81. The molecular formula is C11H10ClN3O. The molecule has 16 heavy (non-hydrogen) atoms. The molecule has 2 N–H and O–H groups in total. The van der Waals surface area contributed by atoms with Crippen LogP contribution < -0.4 is 10.5 Å². The van der Waals surface area contributed by atoms with Crippen molar-refractivity contribution < 1.29 is 4.74 Å². The summed E-state index contributed by atoms with van der Waals surface area (Å²) in [5, 5.41) is 0.115. The highest BCUT2D eigenvalue weighted by atomic mass is 35.5. The first-order chi connectivity index (χ1) is 7.75. The molecule has 1 aromatic heterocycles. The number of anilines is 1. The van der Waals surface area contributed by atoms with Crippen molar-refractivity contribution in [3.05, 3.63) is 47.4 Å². The van der Waals surface area contributed by atoms with Crippen molar-refractivity contribution in [3.8, 4) is 5.75 Å². The number of nitrogens with two attached hydrogens (primary N) is 1. The molecule has 0 aliphatic heterocycles. The van der Waals surface area contributed by atoms with E-state index < -0.39 is 0 Å². The number of nitrogens with zero attached hydrogens (tertiary/aromatic N) is 2. The van der Waals surface area contributed by atoms with Crippen LogP contribution >= 0.6 is 11.6 Å². The minimum atomic E-state index is 0.115. The van der Waals surface area contributed by atoms with E-state index in [-0.39, 0.29) is 11.1 Å². The SMILES string of the molecule is Nc1nc(Cl)ncc1OCc1ccccc1. The minimum absolute atomic E-state index is 0.115. The van der Waals surface area contributed by atoms with E-state index in [1.165, 1.54) is 6.20 Å². The van der Waals surface area contributed by atoms with Gasteiger partial charge in [0, 0.05) is 0 Å². The number of benzene rings is 1. The Morgan fingerprint density at radius 2 is 2.00 bits per heavy atom. The summed E-state index contributed by atoms with van der Waals surface area (Å²) in [7, 11) is 0. The van der Waals surface area contributed by atoms with Crippen LogP contribution in [0, 0.1) is 0 Å². The van der Waals surface area contributed by atoms with Crippen LogP contribution in [-0.2, 0) is 6.61 Å². The molecule has 0 aliphatic rings. The topological polar surface area (TPSA) is 61.0 Å². The smallest absolute Gasteiger partial charge is 0.224 e. The second kappa shape index (κ2) is 4.81. The summed E-state index contributed by atoms with van der Waals surface area (Å²) in [6, 6.07) is 9.77. The van der Waals surface area contributed by atoms with Gasteiger partial charge in [-0.3, -0.25) is 0 Å². The van der Waals surface area contributed by atoms with Crippen molar-refractivity contribution in [1.29, 1.82) is 0 Å². The molecule has 1 heterocycles. The van der Waals surface area contributed by atoms with Gasteiger partial charge in [0.2, 0.25) is 5.28 Å². The third kappa shape index (κ3) is 2.61. The fourth-order valence-corrected chi connectivity index (χ4v) is 1.35. The fourth-order valence-electron chi connectivity index (χ4n) is 1.21. The van der Waals surface area contributed by atoms with E-state index in [2.05, 4.69) is 9.97 Å². The number of hydrogen-bond donors (Lipinski definition) is 1. The molecule has 0 spiro atoms. The second-order valence-electron chi connectivity index (χ2n) is 3.16. The van der Waals surface area contributed by atoms with Gasteiger partial charge >= 0.3 is 0 Å². The molecule has 0 radical (unpaired) electrons. The van der Waals surface area contributed by atoms with Crippen LogP contribution in [-0.4, -0.2) is 9.97 Å². The number of rotatable bonds is 3. The summed E-state index contributed by atoms with van der Waals surface area (Å²) in [4.78, 5) is 7.59. The maximum Gasteiger partial charge on any atom is 0.224 e. The van der Waals surface area contributed by atoms with Crippen molar-refractivity contribution in [3.63, 3.8) is 0 Å². The van der Waals surface area contributed by atoms with Crippen molar-refractivity contribution in [1.82, 2.24) is 9.97 Å². The largest absolute Gasteiger partial charge is 0.483 e. The summed E-state index contributed by atoms with van der Waals surface area (Å²) in [6.07, 6.45) is 1.47. The van der Waals surface area contributed by atoms with Gasteiger partial charge in [-0.2, -0.15) is 4.98 Å². The van der Waals surface area contributed by atoms with Gasteiger partial charge in [0.05, 0.1) is 6.20 Å². The van der Waals surface area contributed by atoms with Gasteiger partial charge in [0.25, 0.3) is 0 Å². The van der Waals surface area contributed by atoms with Crippen LogP contribution in [0.5, 0.6) is 5.75 Å².